The molecule has 0 amide bonds. The first-order valence-corrected chi connectivity index (χ1v) is 6.36. The van der Waals surface area contributed by atoms with E-state index in [0.717, 1.165) is 0 Å². The maximum absolute atomic E-state index is 14.5. The van der Waals surface area contributed by atoms with E-state index in [4.69, 9.17) is 16.6 Å². The summed E-state index contributed by atoms with van der Waals surface area (Å²) in [5, 5.41) is 27.9. The Morgan fingerprint density at radius 3 is 2.48 bits per heavy atom. The van der Waals surface area contributed by atoms with Crippen LogP contribution in [0.2, 0.25) is 0 Å². The van der Waals surface area contributed by atoms with Crippen LogP contribution in [0.1, 0.15) is 6.92 Å². The molecule has 0 radical (unpaired) electrons. The first-order valence-electron chi connectivity index (χ1n) is 6.36. The SMILES string of the molecule is CCOC(=O)C1(F)OC([C@H](O)[C@H](O)CO)C(N)C(N)C1F. The molecule has 21 heavy (non-hydrogen) atoms. The molecule has 124 valence electrons. The van der Waals surface area contributed by atoms with E-state index < -0.39 is 55.0 Å². The minimum absolute atomic E-state index is 0.228. The van der Waals surface area contributed by atoms with Crippen LogP contribution in [0.5, 0.6) is 0 Å². The van der Waals surface area contributed by atoms with Crippen LogP contribution >= 0.6 is 0 Å². The van der Waals surface area contributed by atoms with Crippen LogP contribution in [0.4, 0.5) is 8.78 Å². The Morgan fingerprint density at radius 1 is 1.43 bits per heavy atom. The maximum atomic E-state index is 14.5. The van der Waals surface area contributed by atoms with Crippen LogP contribution in [0.15, 0.2) is 0 Å². The molecule has 1 aliphatic heterocycles. The number of hydrogen-bond acceptors (Lipinski definition) is 8. The van der Waals surface area contributed by atoms with Gasteiger partial charge in [-0.25, -0.2) is 9.18 Å². The topological polar surface area (TPSA) is 148 Å². The Balaban J connectivity index is 3.05. The van der Waals surface area contributed by atoms with Crippen molar-refractivity contribution < 1.29 is 38.4 Å². The fraction of sp³-hybridized carbons (Fsp3) is 0.909. The second-order valence-electron chi connectivity index (χ2n) is 4.74. The molecule has 1 fully saturated rings. The summed E-state index contributed by atoms with van der Waals surface area (Å²) < 4.78 is 37.5. The number of alkyl halides is 2. The van der Waals surface area contributed by atoms with Crippen LogP contribution in [0.25, 0.3) is 0 Å². The van der Waals surface area contributed by atoms with E-state index in [-0.39, 0.29) is 6.61 Å². The van der Waals surface area contributed by atoms with E-state index in [9.17, 15) is 23.8 Å². The molecule has 1 rings (SSSR count). The van der Waals surface area contributed by atoms with E-state index in [2.05, 4.69) is 9.47 Å². The van der Waals surface area contributed by atoms with Gasteiger partial charge in [-0.1, -0.05) is 0 Å². The number of ether oxygens (including phenoxy) is 2. The van der Waals surface area contributed by atoms with Crippen LogP contribution < -0.4 is 11.5 Å². The third kappa shape index (κ3) is 3.30. The molecule has 0 aromatic heterocycles. The van der Waals surface area contributed by atoms with E-state index in [1.165, 1.54) is 6.92 Å². The molecule has 7 N–H and O–H groups in total. The van der Waals surface area contributed by atoms with Crippen LogP contribution in [0, 0.1) is 0 Å². The molecule has 0 saturated carbocycles. The average Bonchev–Trinajstić information content (AvgIpc) is 2.47. The normalized spacial score (nSPS) is 39.6. The predicted octanol–water partition coefficient (Wildman–Crippen LogP) is -2.68. The monoisotopic (exact) mass is 314 g/mol. The molecule has 0 aromatic rings. The lowest BCUT2D eigenvalue weighted by atomic mass is 9.87. The lowest BCUT2D eigenvalue weighted by Gasteiger charge is -2.44. The number of nitrogens with two attached hydrogens (primary N) is 2. The van der Waals surface area contributed by atoms with Gasteiger partial charge in [-0.05, 0) is 6.92 Å². The largest absolute Gasteiger partial charge is 0.462 e. The minimum Gasteiger partial charge on any atom is -0.462 e. The van der Waals surface area contributed by atoms with Crippen molar-refractivity contribution in [3.8, 4) is 0 Å². The molecule has 0 aromatic carbocycles. The zero-order valence-electron chi connectivity index (χ0n) is 11.4. The van der Waals surface area contributed by atoms with Crippen molar-refractivity contribution in [3.63, 3.8) is 0 Å². The Bertz CT molecular complexity index is 373. The van der Waals surface area contributed by atoms with Crippen molar-refractivity contribution in [2.24, 2.45) is 11.5 Å². The van der Waals surface area contributed by atoms with Crippen molar-refractivity contribution in [1.82, 2.24) is 0 Å². The highest BCUT2D eigenvalue weighted by Crippen LogP contribution is 2.35. The molecule has 8 nitrogen and oxygen atoms in total. The zero-order chi connectivity index (χ0) is 16.4. The van der Waals surface area contributed by atoms with Gasteiger partial charge < -0.3 is 36.3 Å². The molecule has 1 heterocycles. The van der Waals surface area contributed by atoms with Gasteiger partial charge in [0.1, 0.15) is 18.3 Å². The molecule has 1 aliphatic rings. The standard InChI is InChI=1S/C11H20F2N2O6/c1-2-20-10(19)11(13)9(12)6(15)5(14)8(21-11)7(18)4(17)3-16/h4-9,16-18H,2-3,14-15H2,1H3/t4-,5?,6?,7-,8?,9?,11?/m1/s1. The number of carbonyl (C=O) groups excluding carboxylic acids is 1. The van der Waals surface area contributed by atoms with Crippen LogP contribution in [-0.4, -0.2) is 76.9 Å². The number of aliphatic hydroxyl groups excluding tert-OH is 3. The van der Waals surface area contributed by atoms with Gasteiger partial charge in [-0.2, -0.15) is 4.39 Å². The summed E-state index contributed by atoms with van der Waals surface area (Å²) >= 11 is 0. The molecule has 0 aliphatic carbocycles. The summed E-state index contributed by atoms with van der Waals surface area (Å²) in [6.07, 6.45) is -7.91. The fourth-order valence-electron chi connectivity index (χ4n) is 2.02. The summed E-state index contributed by atoms with van der Waals surface area (Å²) in [6, 6.07) is -3.09. The highest BCUT2D eigenvalue weighted by molar-refractivity contribution is 5.79. The molecule has 10 heteroatoms. The summed E-state index contributed by atoms with van der Waals surface area (Å²) in [7, 11) is 0. The molecule has 7 atom stereocenters. The fourth-order valence-corrected chi connectivity index (χ4v) is 2.02. The summed E-state index contributed by atoms with van der Waals surface area (Å²) in [6.45, 7) is 0.278. The average molecular weight is 314 g/mol. The van der Waals surface area contributed by atoms with Crippen molar-refractivity contribution in [3.05, 3.63) is 0 Å². The van der Waals surface area contributed by atoms with Crippen LogP contribution in [-0.2, 0) is 14.3 Å². The number of esters is 1. The van der Waals surface area contributed by atoms with Crippen molar-refractivity contribution in [1.29, 1.82) is 0 Å². The molecule has 0 spiro atoms. The van der Waals surface area contributed by atoms with E-state index in [1.807, 2.05) is 0 Å². The Hall–Kier alpha value is -0.910. The number of aliphatic hydroxyl groups is 3. The first-order chi connectivity index (χ1) is 9.70. The summed E-state index contributed by atoms with van der Waals surface area (Å²) in [5.74, 6) is -5.19. The van der Waals surface area contributed by atoms with Crippen molar-refractivity contribution in [2.75, 3.05) is 13.2 Å². The van der Waals surface area contributed by atoms with Gasteiger partial charge in [-0.15, -0.1) is 0 Å². The van der Waals surface area contributed by atoms with E-state index in [0.29, 0.717) is 0 Å². The number of rotatable bonds is 5. The summed E-state index contributed by atoms with van der Waals surface area (Å²) in [5.41, 5.74) is 11.0. The Labute approximate surface area is 119 Å². The van der Waals surface area contributed by atoms with E-state index in [1.54, 1.807) is 0 Å². The van der Waals surface area contributed by atoms with Crippen molar-refractivity contribution >= 4 is 5.97 Å². The first kappa shape index (κ1) is 18.1. The quantitative estimate of drug-likeness (QED) is 0.345. The zero-order valence-corrected chi connectivity index (χ0v) is 11.4. The number of halogens is 2. The minimum atomic E-state index is -3.55. The summed E-state index contributed by atoms with van der Waals surface area (Å²) in [4.78, 5) is 11.5. The second kappa shape index (κ2) is 6.90. The second-order valence-corrected chi connectivity index (χ2v) is 4.74. The molecular weight excluding hydrogens is 294 g/mol. The van der Waals surface area contributed by atoms with Gasteiger partial charge in [0, 0.05) is 0 Å². The van der Waals surface area contributed by atoms with Gasteiger partial charge >= 0.3 is 11.8 Å². The van der Waals surface area contributed by atoms with Crippen molar-refractivity contribution in [2.45, 2.75) is 49.3 Å². The third-order valence-electron chi connectivity index (χ3n) is 3.30. The third-order valence-corrected chi connectivity index (χ3v) is 3.30. The smallest absolute Gasteiger partial charge is 0.375 e. The predicted molar refractivity (Wildman–Crippen MR) is 65.3 cm³/mol. The Morgan fingerprint density at radius 2 is 2.00 bits per heavy atom. The number of hydrogen-bond donors (Lipinski definition) is 5. The highest BCUT2D eigenvalue weighted by atomic mass is 19.2. The van der Waals surface area contributed by atoms with Gasteiger partial charge in [-0.3, -0.25) is 0 Å². The number of carbonyl (C=O) groups is 1. The van der Waals surface area contributed by atoms with E-state index >= 15 is 0 Å². The lowest BCUT2D eigenvalue weighted by Crippen LogP contribution is -2.72. The molecular formula is C11H20F2N2O6. The van der Waals surface area contributed by atoms with Crippen LogP contribution in [0.3, 0.4) is 0 Å². The lowest BCUT2D eigenvalue weighted by molar-refractivity contribution is -0.276. The Kier molecular flexibility index (Phi) is 5.96. The van der Waals surface area contributed by atoms with Gasteiger partial charge in [0.15, 0.2) is 6.17 Å². The molecule has 5 unspecified atom stereocenters. The van der Waals surface area contributed by atoms with Gasteiger partial charge in [0.25, 0.3) is 0 Å². The molecule has 0 bridgehead atoms. The maximum Gasteiger partial charge on any atom is 0.375 e. The van der Waals surface area contributed by atoms with Gasteiger partial charge in [0.2, 0.25) is 0 Å². The molecule has 1 saturated heterocycles. The highest BCUT2D eigenvalue weighted by Gasteiger charge is 2.61. The van der Waals surface area contributed by atoms with Gasteiger partial charge in [0.05, 0.1) is 25.3 Å².